The van der Waals surface area contributed by atoms with Crippen LogP contribution in [0, 0.1) is 0 Å². The molecule has 2 N–H and O–H groups in total. The predicted octanol–water partition coefficient (Wildman–Crippen LogP) is -0.764. The third kappa shape index (κ3) is 2.15. The molecular formula is C13H15N2O4+. The van der Waals surface area contributed by atoms with E-state index in [-0.39, 0.29) is 31.1 Å². The van der Waals surface area contributed by atoms with Gasteiger partial charge in [0, 0.05) is 12.6 Å². The molecule has 2 aliphatic rings. The number of nitrogens with zero attached hydrogens (tertiary/aromatic N) is 1. The van der Waals surface area contributed by atoms with E-state index in [1.165, 1.54) is 11.9 Å². The molecule has 0 aliphatic carbocycles. The summed E-state index contributed by atoms with van der Waals surface area (Å²) in [4.78, 5) is 24.4. The van der Waals surface area contributed by atoms with Crippen molar-refractivity contribution >= 4 is 11.8 Å². The minimum absolute atomic E-state index is 0.114. The Hall–Kier alpha value is -2.08. The molecular weight excluding hydrogens is 248 g/mol. The van der Waals surface area contributed by atoms with Crippen molar-refractivity contribution in [1.82, 2.24) is 4.90 Å². The Morgan fingerprint density at radius 1 is 1.32 bits per heavy atom. The largest absolute Gasteiger partial charge is 0.454 e. The van der Waals surface area contributed by atoms with Gasteiger partial charge in [-0.15, -0.1) is 0 Å². The summed E-state index contributed by atoms with van der Waals surface area (Å²) in [5.41, 5.74) is 1.04. The van der Waals surface area contributed by atoms with Gasteiger partial charge in [0.15, 0.2) is 17.5 Å². The number of hydrogen-bond acceptors (Lipinski definition) is 4. The number of imide groups is 1. The molecule has 2 heterocycles. The number of amides is 2. The second-order valence-electron chi connectivity index (χ2n) is 4.73. The molecule has 0 aromatic heterocycles. The molecule has 6 heteroatoms. The van der Waals surface area contributed by atoms with E-state index < -0.39 is 0 Å². The summed E-state index contributed by atoms with van der Waals surface area (Å²) in [5, 5.41) is 1.89. The number of quaternary nitrogens is 1. The van der Waals surface area contributed by atoms with Crippen LogP contribution in [0.1, 0.15) is 12.0 Å². The third-order valence-corrected chi connectivity index (χ3v) is 3.49. The van der Waals surface area contributed by atoms with Crippen molar-refractivity contribution in [3.8, 4) is 11.5 Å². The van der Waals surface area contributed by atoms with E-state index in [0.29, 0.717) is 6.54 Å². The third-order valence-electron chi connectivity index (χ3n) is 3.49. The SMILES string of the molecule is CN1C(=O)C[C@H]([NH2+]Cc2ccc3c(c2)OCO3)C1=O. The Bertz CT molecular complexity index is 543. The van der Waals surface area contributed by atoms with Crippen LogP contribution in [0.2, 0.25) is 0 Å². The first-order valence-corrected chi connectivity index (χ1v) is 6.17. The van der Waals surface area contributed by atoms with Crippen molar-refractivity contribution in [3.63, 3.8) is 0 Å². The van der Waals surface area contributed by atoms with Gasteiger partial charge in [0.1, 0.15) is 6.54 Å². The van der Waals surface area contributed by atoms with Crippen LogP contribution in [0.4, 0.5) is 0 Å². The number of nitrogens with two attached hydrogens (primary N) is 1. The van der Waals surface area contributed by atoms with Gasteiger partial charge in [0.25, 0.3) is 5.91 Å². The van der Waals surface area contributed by atoms with Gasteiger partial charge in [-0.3, -0.25) is 14.5 Å². The monoisotopic (exact) mass is 263 g/mol. The van der Waals surface area contributed by atoms with E-state index >= 15 is 0 Å². The molecule has 1 saturated heterocycles. The standard InChI is InChI=1S/C13H14N2O4/c1-15-12(16)5-9(13(15)17)14-6-8-2-3-10-11(4-8)19-7-18-10/h2-4,9,14H,5-7H2,1H3/p+1/t9-/m0/s1. The maximum absolute atomic E-state index is 11.8. The van der Waals surface area contributed by atoms with Gasteiger partial charge in [-0.05, 0) is 18.2 Å². The lowest BCUT2D eigenvalue weighted by molar-refractivity contribution is -0.690. The quantitative estimate of drug-likeness (QED) is 0.727. The minimum atomic E-state index is -0.303. The van der Waals surface area contributed by atoms with Crippen molar-refractivity contribution in [1.29, 1.82) is 0 Å². The van der Waals surface area contributed by atoms with Crippen molar-refractivity contribution in [2.45, 2.75) is 19.0 Å². The predicted molar refractivity (Wildman–Crippen MR) is 64.4 cm³/mol. The van der Waals surface area contributed by atoms with Crippen LogP contribution in [-0.2, 0) is 16.1 Å². The van der Waals surface area contributed by atoms with Gasteiger partial charge in [-0.2, -0.15) is 0 Å². The molecule has 6 nitrogen and oxygen atoms in total. The fourth-order valence-corrected chi connectivity index (χ4v) is 2.31. The summed E-state index contributed by atoms with van der Waals surface area (Å²) in [7, 11) is 1.53. The molecule has 19 heavy (non-hydrogen) atoms. The van der Waals surface area contributed by atoms with Crippen LogP contribution < -0.4 is 14.8 Å². The molecule has 2 aliphatic heterocycles. The summed E-state index contributed by atoms with van der Waals surface area (Å²) in [6.07, 6.45) is 0.278. The zero-order chi connectivity index (χ0) is 13.4. The zero-order valence-electron chi connectivity index (χ0n) is 10.6. The van der Waals surface area contributed by atoms with Gasteiger partial charge < -0.3 is 14.8 Å². The fraction of sp³-hybridized carbons (Fsp3) is 0.385. The summed E-state index contributed by atoms with van der Waals surface area (Å²) in [6, 6.07) is 5.40. The second kappa shape index (κ2) is 4.55. The number of rotatable bonds is 3. The number of carbonyl (C=O) groups is 2. The van der Waals surface area contributed by atoms with Crippen LogP contribution >= 0.6 is 0 Å². The number of fused-ring (bicyclic) bond motifs is 1. The molecule has 3 rings (SSSR count). The number of carbonyl (C=O) groups excluding carboxylic acids is 2. The van der Waals surface area contributed by atoms with Gasteiger partial charge in [-0.1, -0.05) is 0 Å². The number of ether oxygens (including phenoxy) is 2. The molecule has 0 unspecified atom stereocenters. The maximum atomic E-state index is 11.8. The molecule has 1 aromatic rings. The van der Waals surface area contributed by atoms with E-state index in [9.17, 15) is 9.59 Å². The number of benzene rings is 1. The van der Waals surface area contributed by atoms with Crippen molar-refractivity contribution in [2.24, 2.45) is 0 Å². The number of hydrogen-bond donors (Lipinski definition) is 1. The van der Waals surface area contributed by atoms with E-state index in [2.05, 4.69) is 0 Å². The maximum Gasteiger partial charge on any atom is 0.287 e. The first-order chi connectivity index (χ1) is 9.15. The van der Waals surface area contributed by atoms with Gasteiger partial charge in [0.2, 0.25) is 12.7 Å². The normalized spacial score (nSPS) is 21.3. The molecule has 1 atom stereocenters. The Morgan fingerprint density at radius 3 is 2.84 bits per heavy atom. The minimum Gasteiger partial charge on any atom is -0.454 e. The van der Waals surface area contributed by atoms with Crippen molar-refractivity contribution in [2.75, 3.05) is 13.8 Å². The highest BCUT2D eigenvalue weighted by Gasteiger charge is 2.38. The highest BCUT2D eigenvalue weighted by atomic mass is 16.7. The van der Waals surface area contributed by atoms with Gasteiger partial charge in [0.05, 0.1) is 6.42 Å². The number of likely N-dealkylation sites (tertiary alicyclic amines) is 1. The van der Waals surface area contributed by atoms with Crippen LogP contribution in [0.15, 0.2) is 18.2 Å². The smallest absolute Gasteiger partial charge is 0.287 e. The number of likely N-dealkylation sites (N-methyl/N-ethyl adjacent to an activating group) is 1. The summed E-state index contributed by atoms with van der Waals surface area (Å²) < 4.78 is 10.5. The topological polar surface area (TPSA) is 72.5 Å². The molecule has 0 spiro atoms. The molecule has 2 amide bonds. The lowest BCUT2D eigenvalue weighted by atomic mass is 10.1. The highest BCUT2D eigenvalue weighted by molar-refractivity contribution is 6.04. The van der Waals surface area contributed by atoms with Gasteiger partial charge in [-0.25, -0.2) is 0 Å². The fourth-order valence-electron chi connectivity index (χ4n) is 2.31. The Morgan fingerprint density at radius 2 is 2.11 bits per heavy atom. The molecule has 1 fully saturated rings. The average Bonchev–Trinajstić information content (AvgIpc) is 2.96. The second-order valence-corrected chi connectivity index (χ2v) is 4.73. The van der Waals surface area contributed by atoms with Crippen molar-refractivity contribution < 1.29 is 24.4 Å². The van der Waals surface area contributed by atoms with E-state index in [1.807, 2.05) is 23.5 Å². The van der Waals surface area contributed by atoms with E-state index in [4.69, 9.17) is 9.47 Å². The molecule has 0 radical (unpaired) electrons. The Labute approximate surface area is 110 Å². The summed E-state index contributed by atoms with van der Waals surface area (Å²) in [6.45, 7) is 0.886. The zero-order valence-corrected chi connectivity index (χ0v) is 10.6. The van der Waals surface area contributed by atoms with Gasteiger partial charge >= 0.3 is 0 Å². The lowest BCUT2D eigenvalue weighted by Gasteiger charge is -2.08. The van der Waals surface area contributed by atoms with E-state index in [0.717, 1.165) is 17.1 Å². The first-order valence-electron chi connectivity index (χ1n) is 6.17. The molecule has 100 valence electrons. The summed E-state index contributed by atoms with van der Waals surface area (Å²) >= 11 is 0. The Balaban J connectivity index is 1.64. The first kappa shape index (κ1) is 12.0. The van der Waals surface area contributed by atoms with E-state index in [1.54, 1.807) is 0 Å². The van der Waals surface area contributed by atoms with Crippen LogP contribution in [0.3, 0.4) is 0 Å². The summed E-state index contributed by atoms with van der Waals surface area (Å²) in [5.74, 6) is 1.25. The van der Waals surface area contributed by atoms with Crippen molar-refractivity contribution in [3.05, 3.63) is 23.8 Å². The molecule has 0 saturated carbocycles. The van der Waals surface area contributed by atoms with Crippen LogP contribution in [0.5, 0.6) is 11.5 Å². The highest BCUT2D eigenvalue weighted by Crippen LogP contribution is 2.32. The lowest BCUT2D eigenvalue weighted by Crippen LogP contribution is -2.90. The molecule has 1 aromatic carbocycles. The molecule has 0 bridgehead atoms. The van der Waals surface area contributed by atoms with Crippen LogP contribution in [-0.4, -0.2) is 36.6 Å². The Kier molecular flexibility index (Phi) is 2.87. The van der Waals surface area contributed by atoms with Crippen LogP contribution in [0.25, 0.3) is 0 Å². The average molecular weight is 263 g/mol.